The van der Waals surface area contributed by atoms with Crippen LogP contribution in [0.3, 0.4) is 0 Å². The molecule has 0 saturated heterocycles. The van der Waals surface area contributed by atoms with E-state index in [1.165, 1.54) is 6.33 Å². The number of fused-ring (bicyclic) bond motifs is 1. The number of carbonyl (C=O) groups is 1. The van der Waals surface area contributed by atoms with Crippen LogP contribution in [-0.4, -0.2) is 33.4 Å². The molecular weight excluding hydrogens is 350 g/mol. The minimum atomic E-state index is -0.183. The quantitative estimate of drug-likeness (QED) is 0.741. The fourth-order valence-electron chi connectivity index (χ4n) is 3.07. The van der Waals surface area contributed by atoms with Gasteiger partial charge >= 0.3 is 0 Å². The second-order valence-corrected chi connectivity index (χ2v) is 8.31. The molecule has 3 aromatic heterocycles. The predicted octanol–water partition coefficient (Wildman–Crippen LogP) is 3.21. The summed E-state index contributed by atoms with van der Waals surface area (Å²) < 4.78 is 5.75. The van der Waals surface area contributed by atoms with E-state index in [-0.39, 0.29) is 11.4 Å². The van der Waals surface area contributed by atoms with Crippen molar-refractivity contribution >= 4 is 34.2 Å². The molecule has 0 bridgehead atoms. The Morgan fingerprint density at radius 3 is 2.77 bits per heavy atom. The zero-order chi connectivity index (χ0) is 18.5. The first-order valence-corrected chi connectivity index (χ1v) is 9.38. The van der Waals surface area contributed by atoms with E-state index in [2.05, 4.69) is 32.1 Å². The number of anilines is 1. The van der Waals surface area contributed by atoms with E-state index in [1.807, 2.05) is 14.0 Å². The van der Waals surface area contributed by atoms with Gasteiger partial charge in [0.2, 0.25) is 5.71 Å². The molecule has 1 aliphatic rings. The first kappa shape index (κ1) is 17.0. The summed E-state index contributed by atoms with van der Waals surface area (Å²) in [5.74, 6) is 1.11. The van der Waals surface area contributed by atoms with Gasteiger partial charge in [0.25, 0.3) is 5.91 Å². The van der Waals surface area contributed by atoms with Crippen molar-refractivity contribution in [1.82, 2.24) is 20.3 Å². The third-order valence-corrected chi connectivity index (χ3v) is 5.98. The van der Waals surface area contributed by atoms with Gasteiger partial charge in [-0.2, -0.15) is 0 Å². The van der Waals surface area contributed by atoms with Gasteiger partial charge in [-0.25, -0.2) is 15.0 Å². The number of aromatic nitrogens is 3. The number of thiazole rings is 1. The van der Waals surface area contributed by atoms with Gasteiger partial charge in [0, 0.05) is 23.7 Å². The molecule has 26 heavy (non-hydrogen) atoms. The molecule has 1 amide bonds. The number of carbonyl (C=O) groups excluding carboxylic acids is 1. The zero-order valence-corrected chi connectivity index (χ0v) is 16.1. The van der Waals surface area contributed by atoms with E-state index >= 15 is 0 Å². The van der Waals surface area contributed by atoms with E-state index < -0.39 is 0 Å². The lowest BCUT2D eigenvalue weighted by molar-refractivity contribution is 0.0951. The van der Waals surface area contributed by atoms with Gasteiger partial charge in [0.1, 0.15) is 17.9 Å². The van der Waals surface area contributed by atoms with E-state index in [1.54, 1.807) is 24.5 Å². The van der Waals surface area contributed by atoms with Gasteiger partial charge in [0.15, 0.2) is 0 Å². The molecule has 7 nitrogen and oxygen atoms in total. The van der Waals surface area contributed by atoms with Gasteiger partial charge in [0.05, 0.1) is 22.5 Å². The molecular formula is C18H21N5O2S. The predicted molar refractivity (Wildman–Crippen MR) is 101 cm³/mol. The number of furan rings is 1. The molecule has 0 aliphatic heterocycles. The van der Waals surface area contributed by atoms with Crippen molar-refractivity contribution in [2.75, 3.05) is 11.9 Å². The zero-order valence-electron chi connectivity index (χ0n) is 15.3. The highest BCUT2D eigenvalue weighted by Gasteiger charge is 2.43. The highest BCUT2D eigenvalue weighted by Crippen LogP contribution is 2.44. The first-order chi connectivity index (χ1) is 12.4. The molecule has 136 valence electrons. The Balaban J connectivity index is 1.69. The van der Waals surface area contributed by atoms with E-state index in [0.29, 0.717) is 29.0 Å². The van der Waals surface area contributed by atoms with Crippen LogP contribution in [0.2, 0.25) is 0 Å². The maximum Gasteiger partial charge on any atom is 0.255 e. The van der Waals surface area contributed by atoms with E-state index in [9.17, 15) is 4.79 Å². The fourth-order valence-corrected chi connectivity index (χ4v) is 3.81. The average Bonchev–Trinajstić information content (AvgIpc) is 3.07. The lowest BCUT2D eigenvalue weighted by Crippen LogP contribution is -2.32. The third kappa shape index (κ3) is 2.84. The molecule has 0 unspecified atom stereocenters. The molecule has 1 aliphatic carbocycles. The molecule has 3 aromatic rings. The molecule has 1 saturated carbocycles. The Morgan fingerprint density at radius 1 is 1.35 bits per heavy atom. The van der Waals surface area contributed by atoms with Crippen molar-refractivity contribution in [1.29, 1.82) is 0 Å². The molecule has 1 fully saturated rings. The standard InChI is InChI=1S/C18H21N5O2S/c1-10-13(16(24)20-8-12-7-19-11(2)26-12)14-15(21-9-22-17(14)25-10)23(4)18(3)5-6-18/h7,9H,5-6,8H2,1-4H3,(H,20,24). The van der Waals surface area contributed by atoms with Crippen LogP contribution in [0.15, 0.2) is 16.9 Å². The van der Waals surface area contributed by atoms with Gasteiger partial charge in [-0.05, 0) is 33.6 Å². The van der Waals surface area contributed by atoms with Crippen LogP contribution in [0.1, 0.15) is 45.8 Å². The van der Waals surface area contributed by atoms with Crippen molar-refractivity contribution in [3.05, 3.63) is 33.7 Å². The Bertz CT molecular complexity index is 989. The Labute approximate surface area is 155 Å². The summed E-state index contributed by atoms with van der Waals surface area (Å²) in [6.45, 7) is 6.37. The lowest BCUT2D eigenvalue weighted by Gasteiger charge is -2.26. The van der Waals surface area contributed by atoms with Gasteiger partial charge in [-0.1, -0.05) is 0 Å². The number of amides is 1. The molecule has 8 heteroatoms. The maximum absolute atomic E-state index is 12.9. The second-order valence-electron chi connectivity index (χ2n) is 6.99. The lowest BCUT2D eigenvalue weighted by atomic mass is 10.1. The number of rotatable bonds is 5. The Kier molecular flexibility index (Phi) is 3.95. The molecule has 4 rings (SSSR count). The molecule has 1 N–H and O–H groups in total. The molecule has 0 atom stereocenters. The summed E-state index contributed by atoms with van der Waals surface area (Å²) in [6.07, 6.45) is 5.50. The highest BCUT2D eigenvalue weighted by molar-refractivity contribution is 7.11. The van der Waals surface area contributed by atoms with Gasteiger partial charge in [-0.15, -0.1) is 11.3 Å². The van der Waals surface area contributed by atoms with Crippen LogP contribution >= 0.6 is 11.3 Å². The maximum atomic E-state index is 12.9. The Hall–Kier alpha value is -2.48. The molecule has 0 radical (unpaired) electrons. The van der Waals surface area contributed by atoms with Gasteiger partial charge < -0.3 is 14.6 Å². The summed E-state index contributed by atoms with van der Waals surface area (Å²) in [5.41, 5.74) is 1.04. The number of aryl methyl sites for hydroxylation is 2. The molecule has 0 spiro atoms. The number of hydrogen-bond donors (Lipinski definition) is 1. The molecule has 0 aromatic carbocycles. The average molecular weight is 371 g/mol. The van der Waals surface area contributed by atoms with Crippen LogP contribution < -0.4 is 10.2 Å². The SMILES string of the molecule is Cc1ncc(CNC(=O)c2c(C)oc3ncnc(N(C)C4(C)CC4)c23)s1. The van der Waals surface area contributed by atoms with Crippen molar-refractivity contribution in [2.24, 2.45) is 0 Å². The van der Waals surface area contributed by atoms with Crippen LogP contribution in [-0.2, 0) is 6.54 Å². The molecule has 3 heterocycles. The van der Waals surface area contributed by atoms with Crippen molar-refractivity contribution < 1.29 is 9.21 Å². The van der Waals surface area contributed by atoms with Crippen LogP contribution in [0, 0.1) is 13.8 Å². The minimum absolute atomic E-state index is 0.0837. The minimum Gasteiger partial charge on any atom is -0.442 e. The summed E-state index contributed by atoms with van der Waals surface area (Å²) >= 11 is 1.57. The van der Waals surface area contributed by atoms with E-state index in [0.717, 1.165) is 28.5 Å². The van der Waals surface area contributed by atoms with Crippen molar-refractivity contribution in [3.8, 4) is 0 Å². The van der Waals surface area contributed by atoms with Crippen molar-refractivity contribution in [2.45, 2.75) is 45.7 Å². The monoisotopic (exact) mass is 371 g/mol. The normalized spacial score (nSPS) is 15.2. The Morgan fingerprint density at radius 2 is 2.12 bits per heavy atom. The first-order valence-electron chi connectivity index (χ1n) is 8.56. The summed E-state index contributed by atoms with van der Waals surface area (Å²) in [6, 6.07) is 0. The largest absolute Gasteiger partial charge is 0.442 e. The number of nitrogens with zero attached hydrogens (tertiary/aromatic N) is 4. The van der Waals surface area contributed by atoms with E-state index in [4.69, 9.17) is 4.42 Å². The third-order valence-electron chi connectivity index (χ3n) is 5.06. The van der Waals surface area contributed by atoms with Crippen LogP contribution in [0.4, 0.5) is 5.82 Å². The summed E-state index contributed by atoms with van der Waals surface area (Å²) in [5, 5.41) is 4.63. The van der Waals surface area contributed by atoms with Crippen molar-refractivity contribution in [3.63, 3.8) is 0 Å². The van der Waals surface area contributed by atoms with Crippen LogP contribution in [0.25, 0.3) is 11.1 Å². The van der Waals surface area contributed by atoms with Gasteiger partial charge in [-0.3, -0.25) is 4.79 Å². The number of hydrogen-bond acceptors (Lipinski definition) is 7. The topological polar surface area (TPSA) is 84.2 Å². The summed E-state index contributed by atoms with van der Waals surface area (Å²) in [4.78, 5) is 28.9. The second kappa shape index (κ2) is 6.05. The highest BCUT2D eigenvalue weighted by atomic mass is 32.1. The number of nitrogens with one attached hydrogen (secondary N) is 1. The summed E-state index contributed by atoms with van der Waals surface area (Å²) in [7, 11) is 2.01. The smallest absolute Gasteiger partial charge is 0.255 e. The fraction of sp³-hybridized carbons (Fsp3) is 0.444. The van der Waals surface area contributed by atoms with Crippen LogP contribution in [0.5, 0.6) is 0 Å².